The van der Waals surface area contributed by atoms with Crippen molar-refractivity contribution in [1.29, 1.82) is 0 Å². The van der Waals surface area contributed by atoms with E-state index in [2.05, 4.69) is 24.9 Å². The highest BCUT2D eigenvalue weighted by molar-refractivity contribution is 5.72. The van der Waals surface area contributed by atoms with Gasteiger partial charge in [0.05, 0.1) is 12.3 Å². The second-order valence-electron chi connectivity index (χ2n) is 9.59. The molecule has 0 aliphatic heterocycles. The Morgan fingerprint density at radius 3 is 1.94 bits per heavy atom. The Kier molecular flexibility index (Phi) is 15.6. The number of unbranched alkanes of at least 4 members (excludes halogenated alkanes) is 13. The van der Waals surface area contributed by atoms with E-state index in [-0.39, 0.29) is 0 Å². The van der Waals surface area contributed by atoms with Crippen LogP contribution in [0.25, 0.3) is 11.3 Å². The van der Waals surface area contributed by atoms with Crippen LogP contribution in [0.4, 0.5) is 4.79 Å². The Morgan fingerprint density at radius 1 is 0.714 bits per heavy atom. The first-order chi connectivity index (χ1) is 17.2. The zero-order chi connectivity index (χ0) is 25.0. The first-order valence-electron chi connectivity index (χ1n) is 14.1. The summed E-state index contributed by atoms with van der Waals surface area (Å²) in [5, 5.41) is 0. The number of para-hydroxylation sites is 1. The minimum atomic E-state index is -0.644. The molecule has 2 rings (SSSR count). The first-order valence-corrected chi connectivity index (χ1v) is 14.1. The molecule has 0 amide bonds. The third kappa shape index (κ3) is 12.8. The van der Waals surface area contributed by atoms with E-state index < -0.39 is 6.16 Å². The summed E-state index contributed by atoms with van der Waals surface area (Å²) < 4.78 is 10.8. The number of hydrogen-bond donors (Lipinski definition) is 0. The lowest BCUT2D eigenvalue weighted by molar-refractivity contribution is 0.0974. The smallest absolute Gasteiger partial charge is 0.434 e. The molecule has 0 N–H and O–H groups in total. The van der Waals surface area contributed by atoms with E-state index in [9.17, 15) is 4.79 Å². The Morgan fingerprint density at radius 2 is 1.31 bits per heavy atom. The van der Waals surface area contributed by atoms with Crippen molar-refractivity contribution in [2.75, 3.05) is 6.61 Å². The molecule has 0 radical (unpaired) electrons. The molecule has 1 heterocycles. The summed E-state index contributed by atoms with van der Waals surface area (Å²) in [5.41, 5.74) is 2.87. The summed E-state index contributed by atoms with van der Waals surface area (Å²) in [5.74, 6) is 0.486. The second kappa shape index (κ2) is 18.9. The standard InChI is InChI=1S/C31H47NO3/c1-3-5-7-9-11-12-14-16-20-27-23-24-29(32-26-27)28-21-17-18-22-30(28)35-31(33)34-25-19-15-13-10-8-6-4-2/h17-18,21-24,26H,3-16,19-20,25H2,1-2H3. The average Bonchev–Trinajstić information content (AvgIpc) is 2.88. The highest BCUT2D eigenvalue weighted by Crippen LogP contribution is 2.29. The topological polar surface area (TPSA) is 48.4 Å². The molecule has 0 atom stereocenters. The lowest BCUT2D eigenvalue weighted by Gasteiger charge is -2.10. The number of aryl methyl sites for hydroxylation is 1. The lowest BCUT2D eigenvalue weighted by atomic mass is 10.0. The Hall–Kier alpha value is -2.36. The third-order valence-electron chi connectivity index (χ3n) is 6.47. The van der Waals surface area contributed by atoms with Crippen molar-refractivity contribution in [3.05, 3.63) is 48.2 Å². The van der Waals surface area contributed by atoms with Crippen molar-refractivity contribution >= 4 is 6.16 Å². The van der Waals surface area contributed by atoms with Gasteiger partial charge in [-0.05, 0) is 43.0 Å². The number of hydrogen-bond acceptors (Lipinski definition) is 4. The van der Waals surface area contributed by atoms with Gasteiger partial charge in [-0.15, -0.1) is 0 Å². The van der Waals surface area contributed by atoms with Gasteiger partial charge in [-0.1, -0.05) is 116 Å². The van der Waals surface area contributed by atoms with Crippen molar-refractivity contribution in [2.45, 2.75) is 117 Å². The molecule has 0 bridgehead atoms. The molecule has 0 saturated heterocycles. The van der Waals surface area contributed by atoms with Crippen LogP contribution in [0, 0.1) is 0 Å². The normalized spacial score (nSPS) is 10.9. The first kappa shape index (κ1) is 28.9. The van der Waals surface area contributed by atoms with Crippen LogP contribution in [0.3, 0.4) is 0 Å². The molecule has 0 spiro atoms. The number of carbonyl (C=O) groups is 1. The minimum Gasteiger partial charge on any atom is -0.434 e. The zero-order valence-electron chi connectivity index (χ0n) is 22.2. The molecular formula is C31H47NO3. The highest BCUT2D eigenvalue weighted by Gasteiger charge is 2.12. The summed E-state index contributed by atoms with van der Waals surface area (Å²) in [6.07, 6.45) is 21.3. The molecular weight excluding hydrogens is 434 g/mol. The quantitative estimate of drug-likeness (QED) is 0.114. The van der Waals surface area contributed by atoms with Gasteiger partial charge in [0.25, 0.3) is 0 Å². The van der Waals surface area contributed by atoms with E-state index in [0.29, 0.717) is 12.4 Å². The van der Waals surface area contributed by atoms with Gasteiger partial charge in [-0.3, -0.25) is 4.98 Å². The van der Waals surface area contributed by atoms with Crippen LogP contribution in [0.1, 0.15) is 116 Å². The zero-order valence-corrected chi connectivity index (χ0v) is 22.2. The molecule has 4 nitrogen and oxygen atoms in total. The maximum atomic E-state index is 12.2. The molecule has 0 aliphatic rings. The Bertz CT molecular complexity index is 803. The van der Waals surface area contributed by atoms with Crippen LogP contribution in [-0.4, -0.2) is 17.7 Å². The van der Waals surface area contributed by atoms with Gasteiger partial charge in [0, 0.05) is 11.8 Å². The van der Waals surface area contributed by atoms with Crippen molar-refractivity contribution < 1.29 is 14.3 Å². The summed E-state index contributed by atoms with van der Waals surface area (Å²) in [7, 11) is 0. The van der Waals surface area contributed by atoms with E-state index in [4.69, 9.17) is 9.47 Å². The number of pyridine rings is 1. The monoisotopic (exact) mass is 481 g/mol. The fourth-order valence-corrected chi connectivity index (χ4v) is 4.30. The number of ether oxygens (including phenoxy) is 2. The van der Waals surface area contributed by atoms with Gasteiger partial charge in [-0.25, -0.2) is 4.79 Å². The van der Waals surface area contributed by atoms with E-state index in [1.165, 1.54) is 89.0 Å². The molecule has 0 fully saturated rings. The number of aromatic nitrogens is 1. The van der Waals surface area contributed by atoms with Crippen LogP contribution in [0.2, 0.25) is 0 Å². The van der Waals surface area contributed by atoms with Gasteiger partial charge in [0.2, 0.25) is 0 Å². The molecule has 4 heteroatoms. The SMILES string of the molecule is CCCCCCCCCCc1ccc(-c2ccccc2OC(=O)OCCCCCCCCC)nc1. The summed E-state index contributed by atoms with van der Waals surface area (Å²) in [6, 6.07) is 11.7. The molecule has 0 unspecified atom stereocenters. The fraction of sp³-hybridized carbons (Fsp3) is 0.613. The molecule has 2 aromatic rings. The van der Waals surface area contributed by atoms with Crippen molar-refractivity contribution in [2.24, 2.45) is 0 Å². The van der Waals surface area contributed by atoms with Gasteiger partial charge in [-0.2, -0.15) is 0 Å². The van der Waals surface area contributed by atoms with E-state index in [1.807, 2.05) is 30.5 Å². The average molecular weight is 482 g/mol. The van der Waals surface area contributed by atoms with Crippen molar-refractivity contribution in [3.63, 3.8) is 0 Å². The van der Waals surface area contributed by atoms with E-state index in [1.54, 1.807) is 6.07 Å². The van der Waals surface area contributed by atoms with Crippen LogP contribution in [0.5, 0.6) is 5.75 Å². The van der Waals surface area contributed by atoms with Crippen LogP contribution < -0.4 is 4.74 Å². The number of rotatable bonds is 19. The highest BCUT2D eigenvalue weighted by atomic mass is 16.7. The van der Waals surface area contributed by atoms with Gasteiger partial charge in [0.1, 0.15) is 5.75 Å². The summed E-state index contributed by atoms with van der Waals surface area (Å²) in [6.45, 7) is 4.89. The maximum absolute atomic E-state index is 12.2. The third-order valence-corrected chi connectivity index (χ3v) is 6.47. The van der Waals surface area contributed by atoms with Crippen LogP contribution in [0.15, 0.2) is 42.6 Å². The number of carbonyl (C=O) groups excluding carboxylic acids is 1. The minimum absolute atomic E-state index is 0.403. The van der Waals surface area contributed by atoms with Gasteiger partial charge in [0.15, 0.2) is 0 Å². The number of nitrogens with zero attached hydrogens (tertiary/aromatic N) is 1. The van der Waals surface area contributed by atoms with Crippen LogP contribution in [-0.2, 0) is 11.2 Å². The predicted octanol–water partition coefficient (Wildman–Crippen LogP) is 9.70. The Balaban J connectivity index is 1.72. The molecule has 1 aromatic carbocycles. The second-order valence-corrected chi connectivity index (χ2v) is 9.59. The van der Waals surface area contributed by atoms with Crippen LogP contribution >= 0.6 is 0 Å². The van der Waals surface area contributed by atoms with Crippen molar-refractivity contribution in [1.82, 2.24) is 4.98 Å². The molecule has 35 heavy (non-hydrogen) atoms. The van der Waals surface area contributed by atoms with E-state index >= 15 is 0 Å². The van der Waals surface area contributed by atoms with Crippen molar-refractivity contribution in [3.8, 4) is 17.0 Å². The van der Waals surface area contributed by atoms with Gasteiger partial charge < -0.3 is 9.47 Å². The number of benzene rings is 1. The fourth-order valence-electron chi connectivity index (χ4n) is 4.30. The maximum Gasteiger partial charge on any atom is 0.513 e. The molecule has 0 aliphatic carbocycles. The summed E-state index contributed by atoms with van der Waals surface area (Å²) in [4.78, 5) is 16.9. The molecule has 1 aromatic heterocycles. The molecule has 194 valence electrons. The molecule has 0 saturated carbocycles. The van der Waals surface area contributed by atoms with E-state index in [0.717, 1.165) is 30.5 Å². The Labute approximate surface area is 213 Å². The lowest BCUT2D eigenvalue weighted by Crippen LogP contribution is -2.12. The summed E-state index contributed by atoms with van der Waals surface area (Å²) >= 11 is 0. The predicted molar refractivity (Wildman–Crippen MR) is 146 cm³/mol. The van der Waals surface area contributed by atoms with Gasteiger partial charge >= 0.3 is 6.16 Å². The largest absolute Gasteiger partial charge is 0.513 e.